The zero-order valence-electron chi connectivity index (χ0n) is 8.75. The molecule has 0 spiro atoms. The molecule has 4 nitrogen and oxygen atoms in total. The van der Waals surface area contributed by atoms with Gasteiger partial charge in [-0.05, 0) is 31.6 Å². The second-order valence-electron chi connectivity index (χ2n) is 3.81. The standard InChI is InChI=1S/C10H19N3O/c1-2-5-8-6-3-4-7-9(8)12-13-10(11)14/h8H,2-7H2,1H3,(H3,11,13,14)/b12-9-/t8-/m1/s1. The Morgan fingerprint density at radius 2 is 2.43 bits per heavy atom. The molecule has 0 unspecified atom stereocenters. The second-order valence-corrected chi connectivity index (χ2v) is 3.81. The predicted octanol–water partition coefficient (Wildman–Crippen LogP) is 2.00. The van der Waals surface area contributed by atoms with Crippen LogP contribution in [-0.4, -0.2) is 11.7 Å². The van der Waals surface area contributed by atoms with Crippen LogP contribution in [0.25, 0.3) is 0 Å². The van der Waals surface area contributed by atoms with Crippen molar-refractivity contribution in [2.75, 3.05) is 0 Å². The lowest BCUT2D eigenvalue weighted by Gasteiger charge is -2.23. The third-order valence-electron chi connectivity index (χ3n) is 2.65. The van der Waals surface area contributed by atoms with Gasteiger partial charge in [0.1, 0.15) is 0 Å². The molecule has 1 fully saturated rings. The fraction of sp³-hybridized carbons (Fsp3) is 0.800. The first-order valence-corrected chi connectivity index (χ1v) is 5.36. The number of hydrazone groups is 1. The van der Waals surface area contributed by atoms with Crippen LogP contribution in [0, 0.1) is 5.92 Å². The summed E-state index contributed by atoms with van der Waals surface area (Å²) in [7, 11) is 0. The fourth-order valence-corrected chi connectivity index (χ4v) is 2.00. The quantitative estimate of drug-likeness (QED) is 0.667. The van der Waals surface area contributed by atoms with E-state index in [9.17, 15) is 4.79 Å². The van der Waals surface area contributed by atoms with E-state index in [1.807, 2.05) is 0 Å². The van der Waals surface area contributed by atoms with Crippen LogP contribution in [0.2, 0.25) is 0 Å². The van der Waals surface area contributed by atoms with Crippen molar-refractivity contribution < 1.29 is 4.79 Å². The Bertz CT molecular complexity index is 223. The molecular weight excluding hydrogens is 178 g/mol. The van der Waals surface area contributed by atoms with Crippen LogP contribution in [0.15, 0.2) is 5.10 Å². The van der Waals surface area contributed by atoms with Gasteiger partial charge in [-0.15, -0.1) is 0 Å². The molecule has 0 heterocycles. The van der Waals surface area contributed by atoms with Crippen molar-refractivity contribution in [2.45, 2.75) is 45.4 Å². The number of urea groups is 1. The number of amides is 2. The summed E-state index contributed by atoms with van der Waals surface area (Å²) in [6, 6.07) is -0.571. The smallest absolute Gasteiger partial charge is 0.332 e. The summed E-state index contributed by atoms with van der Waals surface area (Å²) in [5, 5.41) is 4.07. The van der Waals surface area contributed by atoms with E-state index in [2.05, 4.69) is 17.5 Å². The van der Waals surface area contributed by atoms with Gasteiger partial charge in [-0.3, -0.25) is 0 Å². The first kappa shape index (κ1) is 11.0. The molecule has 14 heavy (non-hydrogen) atoms. The predicted molar refractivity (Wildman–Crippen MR) is 57.0 cm³/mol. The van der Waals surface area contributed by atoms with Gasteiger partial charge >= 0.3 is 6.03 Å². The number of primary amides is 1. The van der Waals surface area contributed by atoms with Gasteiger partial charge in [-0.25, -0.2) is 10.2 Å². The minimum absolute atomic E-state index is 0.556. The largest absolute Gasteiger partial charge is 0.350 e. The first-order valence-electron chi connectivity index (χ1n) is 5.36. The Morgan fingerprint density at radius 1 is 1.64 bits per heavy atom. The van der Waals surface area contributed by atoms with Crippen LogP contribution in [0.3, 0.4) is 0 Å². The summed E-state index contributed by atoms with van der Waals surface area (Å²) < 4.78 is 0. The van der Waals surface area contributed by atoms with Gasteiger partial charge < -0.3 is 5.73 Å². The van der Waals surface area contributed by atoms with Crippen molar-refractivity contribution in [3.63, 3.8) is 0 Å². The van der Waals surface area contributed by atoms with Crippen LogP contribution >= 0.6 is 0 Å². The molecule has 2 amide bonds. The number of rotatable bonds is 3. The summed E-state index contributed by atoms with van der Waals surface area (Å²) in [4.78, 5) is 10.5. The Balaban J connectivity index is 2.52. The molecule has 1 aliphatic carbocycles. The van der Waals surface area contributed by atoms with Crippen molar-refractivity contribution in [1.82, 2.24) is 5.43 Å². The summed E-state index contributed by atoms with van der Waals surface area (Å²) in [5.41, 5.74) is 8.42. The van der Waals surface area contributed by atoms with Gasteiger partial charge in [0.2, 0.25) is 0 Å². The van der Waals surface area contributed by atoms with Crippen LogP contribution < -0.4 is 11.2 Å². The lowest BCUT2D eigenvalue weighted by Crippen LogP contribution is -2.29. The summed E-state index contributed by atoms with van der Waals surface area (Å²) in [6.07, 6.45) is 7.00. The molecule has 1 aliphatic rings. The SMILES string of the molecule is CCC[C@@H]1CCCC/C1=N/NC(N)=O. The monoisotopic (exact) mass is 197 g/mol. The summed E-state index contributed by atoms with van der Waals surface area (Å²) in [6.45, 7) is 2.17. The minimum atomic E-state index is -0.571. The lowest BCUT2D eigenvalue weighted by atomic mass is 9.84. The minimum Gasteiger partial charge on any atom is -0.350 e. The molecule has 0 aliphatic heterocycles. The van der Waals surface area contributed by atoms with E-state index in [0.29, 0.717) is 5.92 Å². The maximum atomic E-state index is 10.5. The molecule has 80 valence electrons. The van der Waals surface area contributed by atoms with Gasteiger partial charge in [-0.2, -0.15) is 5.10 Å². The number of hydrogen-bond acceptors (Lipinski definition) is 2. The van der Waals surface area contributed by atoms with E-state index in [0.717, 1.165) is 12.1 Å². The fourth-order valence-electron chi connectivity index (χ4n) is 2.00. The lowest BCUT2D eigenvalue weighted by molar-refractivity contribution is 0.249. The molecule has 0 saturated heterocycles. The molecule has 1 saturated carbocycles. The van der Waals surface area contributed by atoms with Gasteiger partial charge in [0.05, 0.1) is 0 Å². The van der Waals surface area contributed by atoms with E-state index in [1.165, 1.54) is 32.1 Å². The maximum absolute atomic E-state index is 10.5. The molecule has 0 aromatic heterocycles. The van der Waals surface area contributed by atoms with Gasteiger partial charge in [0.15, 0.2) is 0 Å². The highest BCUT2D eigenvalue weighted by atomic mass is 16.2. The number of nitrogens with two attached hydrogens (primary N) is 1. The Hall–Kier alpha value is -1.06. The molecule has 3 N–H and O–H groups in total. The number of carbonyl (C=O) groups excluding carboxylic acids is 1. The van der Waals surface area contributed by atoms with Crippen molar-refractivity contribution >= 4 is 11.7 Å². The Labute approximate surface area is 84.9 Å². The van der Waals surface area contributed by atoms with Crippen molar-refractivity contribution in [2.24, 2.45) is 16.8 Å². The highest BCUT2D eigenvalue weighted by molar-refractivity contribution is 5.88. The third-order valence-corrected chi connectivity index (χ3v) is 2.65. The summed E-state index contributed by atoms with van der Waals surface area (Å²) in [5.74, 6) is 0.556. The van der Waals surface area contributed by atoms with E-state index >= 15 is 0 Å². The van der Waals surface area contributed by atoms with Crippen LogP contribution in [0.4, 0.5) is 4.79 Å². The molecule has 0 bridgehead atoms. The topological polar surface area (TPSA) is 67.5 Å². The molecule has 1 rings (SSSR count). The zero-order chi connectivity index (χ0) is 10.4. The highest BCUT2D eigenvalue weighted by Gasteiger charge is 2.19. The van der Waals surface area contributed by atoms with Crippen LogP contribution in [-0.2, 0) is 0 Å². The van der Waals surface area contributed by atoms with Crippen LogP contribution in [0.5, 0.6) is 0 Å². The number of hydrogen-bond donors (Lipinski definition) is 2. The Morgan fingerprint density at radius 3 is 3.07 bits per heavy atom. The van der Waals surface area contributed by atoms with Gasteiger partial charge in [-0.1, -0.05) is 19.8 Å². The van der Waals surface area contributed by atoms with Gasteiger partial charge in [0, 0.05) is 5.71 Å². The van der Waals surface area contributed by atoms with Crippen molar-refractivity contribution in [3.8, 4) is 0 Å². The van der Waals surface area contributed by atoms with E-state index < -0.39 is 6.03 Å². The highest BCUT2D eigenvalue weighted by Crippen LogP contribution is 2.25. The van der Waals surface area contributed by atoms with Crippen molar-refractivity contribution in [1.29, 1.82) is 0 Å². The second kappa shape index (κ2) is 5.62. The number of carbonyl (C=O) groups is 1. The van der Waals surface area contributed by atoms with Crippen molar-refractivity contribution in [3.05, 3.63) is 0 Å². The normalized spacial score (nSPS) is 24.9. The number of nitrogens with one attached hydrogen (secondary N) is 1. The maximum Gasteiger partial charge on any atom is 0.332 e. The molecular formula is C10H19N3O. The average Bonchev–Trinajstić information content (AvgIpc) is 2.17. The average molecular weight is 197 g/mol. The molecule has 0 aromatic rings. The van der Waals surface area contributed by atoms with E-state index in [-0.39, 0.29) is 0 Å². The molecule has 1 atom stereocenters. The Kier molecular flexibility index (Phi) is 4.43. The van der Waals surface area contributed by atoms with E-state index in [1.54, 1.807) is 0 Å². The molecule has 0 aromatic carbocycles. The molecule has 4 heteroatoms. The van der Waals surface area contributed by atoms with Crippen LogP contribution in [0.1, 0.15) is 45.4 Å². The third kappa shape index (κ3) is 3.36. The molecule has 0 radical (unpaired) electrons. The summed E-state index contributed by atoms with van der Waals surface area (Å²) >= 11 is 0. The first-order chi connectivity index (χ1) is 6.74. The van der Waals surface area contributed by atoms with E-state index in [4.69, 9.17) is 5.73 Å². The number of nitrogens with zero attached hydrogens (tertiary/aromatic N) is 1. The zero-order valence-corrected chi connectivity index (χ0v) is 8.75. The van der Waals surface area contributed by atoms with Gasteiger partial charge in [0.25, 0.3) is 0 Å².